The van der Waals surface area contributed by atoms with Crippen molar-refractivity contribution in [1.29, 1.82) is 0 Å². The van der Waals surface area contributed by atoms with Crippen LogP contribution in [0.5, 0.6) is 0 Å². The molecule has 1 aliphatic rings. The zero-order chi connectivity index (χ0) is 19.6. The van der Waals surface area contributed by atoms with Crippen molar-refractivity contribution < 1.29 is 4.52 Å². The Hall–Kier alpha value is -2.41. The molecule has 152 valence electrons. The highest BCUT2D eigenvalue weighted by Crippen LogP contribution is 2.20. The summed E-state index contributed by atoms with van der Waals surface area (Å²) in [6.07, 6.45) is 4.17. The highest BCUT2D eigenvalue weighted by Gasteiger charge is 2.24. The molecule has 0 spiro atoms. The highest BCUT2D eigenvalue weighted by molar-refractivity contribution is 5.79. The number of hydrogen-bond donors (Lipinski definition) is 2. The number of aliphatic imine (C=N–C) groups is 1. The van der Waals surface area contributed by atoms with Gasteiger partial charge in [0.05, 0.1) is 6.54 Å². The summed E-state index contributed by atoms with van der Waals surface area (Å²) in [5.41, 5.74) is 1.37. The van der Waals surface area contributed by atoms with E-state index in [0.717, 1.165) is 51.5 Å². The Morgan fingerprint density at radius 1 is 1.29 bits per heavy atom. The topological polar surface area (TPSA) is 78.6 Å². The predicted octanol–water partition coefficient (Wildman–Crippen LogP) is 2.53. The van der Waals surface area contributed by atoms with Gasteiger partial charge in [-0.2, -0.15) is 4.98 Å². The summed E-state index contributed by atoms with van der Waals surface area (Å²) in [5, 5.41) is 10.6. The van der Waals surface area contributed by atoms with Crippen LogP contribution in [0.15, 0.2) is 39.8 Å². The Balaban J connectivity index is 1.45. The number of aromatic nitrogens is 2. The summed E-state index contributed by atoms with van der Waals surface area (Å²) in [4.78, 5) is 11.6. The van der Waals surface area contributed by atoms with Crippen LogP contribution in [-0.4, -0.2) is 53.2 Å². The fourth-order valence-corrected chi connectivity index (χ4v) is 3.55. The second kappa shape index (κ2) is 10.8. The van der Waals surface area contributed by atoms with E-state index in [9.17, 15) is 0 Å². The third-order valence-electron chi connectivity index (χ3n) is 4.96. The van der Waals surface area contributed by atoms with Crippen molar-refractivity contribution in [2.45, 2.75) is 52.1 Å². The van der Waals surface area contributed by atoms with E-state index in [1.165, 1.54) is 18.4 Å². The molecule has 0 aliphatic carbocycles. The molecule has 1 aromatic heterocycles. The van der Waals surface area contributed by atoms with E-state index in [-0.39, 0.29) is 0 Å². The lowest BCUT2D eigenvalue weighted by molar-refractivity contribution is 0.250. The first-order chi connectivity index (χ1) is 13.7. The summed E-state index contributed by atoms with van der Waals surface area (Å²) in [6, 6.07) is 11.2. The zero-order valence-electron chi connectivity index (χ0n) is 17.0. The monoisotopic (exact) mass is 384 g/mol. The van der Waals surface area contributed by atoms with Crippen molar-refractivity contribution in [2.75, 3.05) is 26.2 Å². The van der Waals surface area contributed by atoms with E-state index in [2.05, 4.69) is 62.9 Å². The normalized spacial score (nSPS) is 17.8. The third kappa shape index (κ3) is 6.34. The average Bonchev–Trinajstić information content (AvgIpc) is 3.32. The SMILES string of the molecule is CCNC(=NCC1CCCN1Cc1ccccc1)NCCCc1nc(C)no1. The standard InChI is InChI=1S/C21H32N6O/c1-3-22-21(23-13-7-12-20-25-17(2)26-28-20)24-15-19-11-8-14-27(19)16-18-9-5-4-6-10-18/h4-6,9-10,19H,3,7-8,11-16H2,1-2H3,(H2,22,23,24). The number of hydrogen-bond acceptors (Lipinski definition) is 5. The second-order valence-corrected chi connectivity index (χ2v) is 7.24. The Bertz CT molecular complexity index is 730. The smallest absolute Gasteiger partial charge is 0.226 e. The predicted molar refractivity (Wildman–Crippen MR) is 111 cm³/mol. The van der Waals surface area contributed by atoms with Crippen molar-refractivity contribution in [3.63, 3.8) is 0 Å². The third-order valence-corrected chi connectivity index (χ3v) is 4.96. The van der Waals surface area contributed by atoms with Crippen LogP contribution in [0.3, 0.4) is 0 Å². The van der Waals surface area contributed by atoms with Crippen LogP contribution in [0.2, 0.25) is 0 Å². The molecule has 1 atom stereocenters. The van der Waals surface area contributed by atoms with Gasteiger partial charge in [-0.05, 0) is 45.2 Å². The van der Waals surface area contributed by atoms with E-state index in [4.69, 9.17) is 9.52 Å². The van der Waals surface area contributed by atoms with Gasteiger partial charge in [-0.15, -0.1) is 0 Å². The van der Waals surface area contributed by atoms with Crippen LogP contribution < -0.4 is 10.6 Å². The molecule has 2 N–H and O–H groups in total. The molecule has 1 aliphatic heterocycles. The molecule has 1 saturated heterocycles. The van der Waals surface area contributed by atoms with E-state index in [0.29, 0.717) is 17.8 Å². The summed E-state index contributed by atoms with van der Waals surface area (Å²) in [5.74, 6) is 2.27. The molecule has 1 fully saturated rings. The van der Waals surface area contributed by atoms with Crippen LogP contribution in [0, 0.1) is 6.92 Å². The van der Waals surface area contributed by atoms with Crippen LogP contribution in [0.1, 0.15) is 43.5 Å². The van der Waals surface area contributed by atoms with Crippen molar-refractivity contribution in [1.82, 2.24) is 25.7 Å². The van der Waals surface area contributed by atoms with Gasteiger partial charge in [-0.1, -0.05) is 35.5 Å². The number of benzene rings is 1. The van der Waals surface area contributed by atoms with Gasteiger partial charge < -0.3 is 15.2 Å². The molecular weight excluding hydrogens is 352 g/mol. The molecular formula is C21H32N6O. The summed E-state index contributed by atoms with van der Waals surface area (Å²) in [7, 11) is 0. The van der Waals surface area contributed by atoms with E-state index < -0.39 is 0 Å². The maximum absolute atomic E-state index is 5.15. The Morgan fingerprint density at radius 2 is 2.14 bits per heavy atom. The fourth-order valence-electron chi connectivity index (χ4n) is 3.55. The molecule has 7 nitrogen and oxygen atoms in total. The minimum Gasteiger partial charge on any atom is -0.357 e. The van der Waals surface area contributed by atoms with Crippen LogP contribution in [0.4, 0.5) is 0 Å². The molecule has 2 aromatic rings. The minimum atomic E-state index is 0.511. The molecule has 1 aromatic carbocycles. The number of guanidine groups is 1. The molecule has 0 bridgehead atoms. The molecule has 0 radical (unpaired) electrons. The Kier molecular flexibility index (Phi) is 7.84. The van der Waals surface area contributed by atoms with E-state index in [1.54, 1.807) is 0 Å². The quantitative estimate of drug-likeness (QED) is 0.393. The van der Waals surface area contributed by atoms with Gasteiger partial charge in [0.1, 0.15) is 0 Å². The summed E-state index contributed by atoms with van der Waals surface area (Å²) in [6.45, 7) is 8.60. The number of aryl methyl sites for hydroxylation is 2. The lowest BCUT2D eigenvalue weighted by Gasteiger charge is -2.23. The van der Waals surface area contributed by atoms with Crippen molar-refractivity contribution in [2.24, 2.45) is 4.99 Å². The van der Waals surface area contributed by atoms with Gasteiger partial charge in [0, 0.05) is 32.1 Å². The lowest BCUT2D eigenvalue weighted by Crippen LogP contribution is -2.39. The fraction of sp³-hybridized carbons (Fsp3) is 0.571. The highest BCUT2D eigenvalue weighted by atomic mass is 16.5. The Morgan fingerprint density at radius 3 is 2.89 bits per heavy atom. The summed E-state index contributed by atoms with van der Waals surface area (Å²) < 4.78 is 5.15. The summed E-state index contributed by atoms with van der Waals surface area (Å²) >= 11 is 0. The number of likely N-dealkylation sites (tertiary alicyclic amines) is 1. The van der Waals surface area contributed by atoms with Gasteiger partial charge in [0.15, 0.2) is 11.8 Å². The van der Waals surface area contributed by atoms with Gasteiger partial charge >= 0.3 is 0 Å². The van der Waals surface area contributed by atoms with Gasteiger partial charge in [-0.3, -0.25) is 9.89 Å². The zero-order valence-corrected chi connectivity index (χ0v) is 17.0. The maximum atomic E-state index is 5.15. The van der Waals surface area contributed by atoms with Gasteiger partial charge in [-0.25, -0.2) is 0 Å². The van der Waals surface area contributed by atoms with Crippen molar-refractivity contribution in [3.05, 3.63) is 47.6 Å². The molecule has 2 heterocycles. The van der Waals surface area contributed by atoms with Crippen molar-refractivity contribution in [3.8, 4) is 0 Å². The molecule has 0 saturated carbocycles. The van der Waals surface area contributed by atoms with E-state index >= 15 is 0 Å². The maximum Gasteiger partial charge on any atom is 0.226 e. The molecule has 1 unspecified atom stereocenters. The average molecular weight is 385 g/mol. The largest absolute Gasteiger partial charge is 0.357 e. The van der Waals surface area contributed by atoms with Crippen LogP contribution in [-0.2, 0) is 13.0 Å². The molecule has 28 heavy (non-hydrogen) atoms. The number of nitrogens with zero attached hydrogens (tertiary/aromatic N) is 4. The molecule has 3 rings (SSSR count). The van der Waals surface area contributed by atoms with Crippen LogP contribution >= 0.6 is 0 Å². The van der Waals surface area contributed by atoms with Crippen molar-refractivity contribution >= 4 is 5.96 Å². The van der Waals surface area contributed by atoms with Gasteiger partial charge in [0.2, 0.25) is 5.89 Å². The molecule has 0 amide bonds. The van der Waals surface area contributed by atoms with Crippen LogP contribution in [0.25, 0.3) is 0 Å². The number of rotatable bonds is 9. The first kappa shape index (κ1) is 20.3. The first-order valence-corrected chi connectivity index (χ1v) is 10.3. The lowest BCUT2D eigenvalue weighted by atomic mass is 10.2. The van der Waals surface area contributed by atoms with E-state index in [1.807, 2.05) is 6.92 Å². The molecule has 7 heteroatoms. The van der Waals surface area contributed by atoms with Gasteiger partial charge in [0.25, 0.3) is 0 Å². The first-order valence-electron chi connectivity index (χ1n) is 10.3. The Labute approximate surface area is 167 Å². The second-order valence-electron chi connectivity index (χ2n) is 7.24. The number of nitrogens with one attached hydrogen (secondary N) is 2. The minimum absolute atomic E-state index is 0.511.